The molecule has 1 aromatic carbocycles. The van der Waals surface area contributed by atoms with Crippen molar-refractivity contribution in [3.63, 3.8) is 0 Å². The van der Waals surface area contributed by atoms with Crippen LogP contribution in [0.2, 0.25) is 0 Å². The first-order chi connectivity index (χ1) is 10.1. The monoisotopic (exact) mass is 294 g/mol. The predicted molar refractivity (Wildman–Crippen MR) is 79.6 cm³/mol. The van der Waals surface area contributed by atoms with Gasteiger partial charge in [0, 0.05) is 13.0 Å². The third kappa shape index (κ3) is 5.33. The zero-order valence-electron chi connectivity index (χ0n) is 12.7. The van der Waals surface area contributed by atoms with Crippen LogP contribution in [0.4, 0.5) is 0 Å². The van der Waals surface area contributed by atoms with Crippen LogP contribution in [0.1, 0.15) is 18.9 Å². The minimum Gasteiger partial charge on any atom is -0.493 e. The zero-order valence-corrected chi connectivity index (χ0v) is 12.7. The summed E-state index contributed by atoms with van der Waals surface area (Å²) in [7, 11) is 3.14. The van der Waals surface area contributed by atoms with E-state index in [1.807, 2.05) is 19.1 Å². The van der Waals surface area contributed by atoms with Gasteiger partial charge in [0.2, 0.25) is 11.8 Å². The molecule has 0 radical (unpaired) electrons. The minimum atomic E-state index is -0.190. The maximum Gasteiger partial charge on any atom is 0.239 e. The second kappa shape index (κ2) is 8.84. The number of hydrogen-bond donors (Lipinski definition) is 2. The summed E-state index contributed by atoms with van der Waals surface area (Å²) in [4.78, 5) is 23.0. The Balaban J connectivity index is 2.51. The molecule has 0 atom stereocenters. The number of likely N-dealkylation sites (N-methyl/N-ethyl adjacent to an activating group) is 1. The van der Waals surface area contributed by atoms with Crippen molar-refractivity contribution in [1.82, 2.24) is 10.6 Å². The summed E-state index contributed by atoms with van der Waals surface area (Å²) in [6, 6.07) is 5.54. The molecule has 0 aliphatic carbocycles. The second-order valence-corrected chi connectivity index (χ2v) is 4.38. The third-order valence-corrected chi connectivity index (χ3v) is 2.93. The highest BCUT2D eigenvalue weighted by atomic mass is 16.5. The van der Waals surface area contributed by atoms with E-state index in [1.54, 1.807) is 20.3 Å². The Kier molecular flexibility index (Phi) is 7.08. The molecule has 1 rings (SSSR count). The second-order valence-electron chi connectivity index (χ2n) is 4.38. The van der Waals surface area contributed by atoms with Crippen LogP contribution >= 0.6 is 0 Å². The van der Waals surface area contributed by atoms with Gasteiger partial charge < -0.3 is 20.1 Å². The number of benzene rings is 1. The van der Waals surface area contributed by atoms with Crippen LogP contribution in [0, 0.1) is 0 Å². The zero-order chi connectivity index (χ0) is 15.7. The molecular weight excluding hydrogens is 272 g/mol. The Bertz CT molecular complexity index is 489. The average Bonchev–Trinajstić information content (AvgIpc) is 2.50. The van der Waals surface area contributed by atoms with Gasteiger partial charge in [-0.15, -0.1) is 0 Å². The number of para-hydroxylation sites is 1. The van der Waals surface area contributed by atoms with Gasteiger partial charge >= 0.3 is 0 Å². The Morgan fingerprint density at radius 1 is 1.10 bits per heavy atom. The topological polar surface area (TPSA) is 76.7 Å². The van der Waals surface area contributed by atoms with Crippen molar-refractivity contribution < 1.29 is 19.1 Å². The lowest BCUT2D eigenvalue weighted by molar-refractivity contribution is -0.126. The van der Waals surface area contributed by atoms with E-state index in [0.717, 1.165) is 5.56 Å². The molecule has 1 aromatic rings. The van der Waals surface area contributed by atoms with Crippen molar-refractivity contribution in [2.45, 2.75) is 19.8 Å². The molecule has 2 amide bonds. The van der Waals surface area contributed by atoms with Crippen LogP contribution in [-0.4, -0.2) is 39.1 Å². The fourth-order valence-corrected chi connectivity index (χ4v) is 1.93. The van der Waals surface area contributed by atoms with Gasteiger partial charge in [-0.2, -0.15) is 0 Å². The summed E-state index contributed by atoms with van der Waals surface area (Å²) in [5.41, 5.74) is 0.894. The smallest absolute Gasteiger partial charge is 0.239 e. The average molecular weight is 294 g/mol. The SMILES string of the molecule is CCNC(=O)CNC(=O)CCc1cccc(OC)c1OC. The van der Waals surface area contributed by atoms with E-state index < -0.39 is 0 Å². The highest BCUT2D eigenvalue weighted by molar-refractivity contribution is 5.84. The molecule has 0 heterocycles. The predicted octanol–water partition coefficient (Wildman–Crippen LogP) is 0.889. The van der Waals surface area contributed by atoms with Crippen LogP contribution in [0.5, 0.6) is 11.5 Å². The molecule has 0 aliphatic rings. The maximum absolute atomic E-state index is 11.7. The van der Waals surface area contributed by atoms with Crippen molar-refractivity contribution >= 4 is 11.8 Å². The van der Waals surface area contributed by atoms with Crippen molar-refractivity contribution in [3.8, 4) is 11.5 Å². The fourth-order valence-electron chi connectivity index (χ4n) is 1.93. The lowest BCUT2D eigenvalue weighted by atomic mass is 10.1. The highest BCUT2D eigenvalue weighted by Crippen LogP contribution is 2.31. The molecule has 0 saturated heterocycles. The van der Waals surface area contributed by atoms with Gasteiger partial charge in [-0.3, -0.25) is 9.59 Å². The summed E-state index contributed by atoms with van der Waals surface area (Å²) in [5.74, 6) is 0.908. The fraction of sp³-hybridized carbons (Fsp3) is 0.467. The van der Waals surface area contributed by atoms with Crippen molar-refractivity contribution in [1.29, 1.82) is 0 Å². The first kappa shape index (κ1) is 16.8. The molecule has 0 spiro atoms. The van der Waals surface area contributed by atoms with E-state index >= 15 is 0 Å². The van der Waals surface area contributed by atoms with E-state index in [-0.39, 0.29) is 24.8 Å². The number of hydrogen-bond acceptors (Lipinski definition) is 4. The summed E-state index contributed by atoms with van der Waals surface area (Å²) in [6.45, 7) is 2.38. The van der Waals surface area contributed by atoms with E-state index in [4.69, 9.17) is 9.47 Å². The summed E-state index contributed by atoms with van der Waals surface area (Å²) in [5, 5.41) is 5.20. The van der Waals surface area contributed by atoms with Crippen molar-refractivity contribution in [2.24, 2.45) is 0 Å². The van der Waals surface area contributed by atoms with Gasteiger partial charge in [0.25, 0.3) is 0 Å². The molecule has 0 bridgehead atoms. The van der Waals surface area contributed by atoms with Crippen LogP contribution < -0.4 is 20.1 Å². The number of methoxy groups -OCH3 is 2. The largest absolute Gasteiger partial charge is 0.493 e. The number of rotatable bonds is 8. The van der Waals surface area contributed by atoms with Crippen molar-refractivity contribution in [3.05, 3.63) is 23.8 Å². The molecular formula is C15H22N2O4. The number of carbonyl (C=O) groups is 2. The van der Waals surface area contributed by atoms with Gasteiger partial charge in [-0.05, 0) is 25.0 Å². The molecule has 0 aromatic heterocycles. The van der Waals surface area contributed by atoms with Gasteiger partial charge in [0.05, 0.1) is 20.8 Å². The third-order valence-electron chi connectivity index (χ3n) is 2.93. The quantitative estimate of drug-likeness (QED) is 0.746. The Morgan fingerprint density at radius 2 is 1.86 bits per heavy atom. The maximum atomic E-state index is 11.7. The van der Waals surface area contributed by atoms with Crippen LogP contribution in [0.15, 0.2) is 18.2 Å². The lowest BCUT2D eigenvalue weighted by Crippen LogP contribution is -2.36. The van der Waals surface area contributed by atoms with Gasteiger partial charge in [-0.1, -0.05) is 12.1 Å². The number of amides is 2. The summed E-state index contributed by atoms with van der Waals surface area (Å²) >= 11 is 0. The first-order valence-electron chi connectivity index (χ1n) is 6.85. The molecule has 0 unspecified atom stereocenters. The summed E-state index contributed by atoms with van der Waals surface area (Å²) in [6.07, 6.45) is 0.796. The molecule has 0 fully saturated rings. The molecule has 6 nitrogen and oxygen atoms in total. The highest BCUT2D eigenvalue weighted by Gasteiger charge is 2.11. The van der Waals surface area contributed by atoms with Crippen LogP contribution in [0.25, 0.3) is 0 Å². The van der Waals surface area contributed by atoms with Crippen molar-refractivity contribution in [2.75, 3.05) is 27.3 Å². The van der Waals surface area contributed by atoms with Gasteiger partial charge in [0.15, 0.2) is 11.5 Å². The molecule has 116 valence electrons. The van der Waals surface area contributed by atoms with Gasteiger partial charge in [0.1, 0.15) is 0 Å². The van der Waals surface area contributed by atoms with Gasteiger partial charge in [-0.25, -0.2) is 0 Å². The first-order valence-corrected chi connectivity index (χ1v) is 6.85. The molecule has 0 saturated carbocycles. The number of nitrogens with one attached hydrogen (secondary N) is 2. The van der Waals surface area contributed by atoms with Crippen LogP contribution in [0.3, 0.4) is 0 Å². The molecule has 0 aliphatic heterocycles. The Morgan fingerprint density at radius 3 is 2.48 bits per heavy atom. The molecule has 2 N–H and O–H groups in total. The number of aryl methyl sites for hydroxylation is 1. The van der Waals surface area contributed by atoms with E-state index in [9.17, 15) is 9.59 Å². The molecule has 6 heteroatoms. The van der Waals surface area contributed by atoms with E-state index in [1.165, 1.54) is 0 Å². The Labute approximate surface area is 124 Å². The molecule has 21 heavy (non-hydrogen) atoms. The number of carbonyl (C=O) groups excluding carboxylic acids is 2. The number of ether oxygens (including phenoxy) is 2. The standard InChI is InChI=1S/C15H22N2O4/c1-4-16-14(19)10-17-13(18)9-8-11-6-5-7-12(20-2)15(11)21-3/h5-7H,4,8-10H2,1-3H3,(H,16,19)(H,17,18). The lowest BCUT2D eigenvalue weighted by Gasteiger charge is -2.12. The van der Waals surface area contributed by atoms with E-state index in [0.29, 0.717) is 24.5 Å². The van der Waals surface area contributed by atoms with E-state index in [2.05, 4.69) is 10.6 Å². The van der Waals surface area contributed by atoms with Crippen LogP contribution in [-0.2, 0) is 16.0 Å². The Hall–Kier alpha value is -2.24. The minimum absolute atomic E-state index is 0.00190. The summed E-state index contributed by atoms with van der Waals surface area (Å²) < 4.78 is 10.5. The normalized spacial score (nSPS) is 9.86.